The van der Waals surface area contributed by atoms with E-state index in [4.69, 9.17) is 21.7 Å². The van der Waals surface area contributed by atoms with Gasteiger partial charge >= 0.3 is 0 Å². The summed E-state index contributed by atoms with van der Waals surface area (Å²) in [5, 5.41) is 4.12. The van der Waals surface area contributed by atoms with Gasteiger partial charge in [0.1, 0.15) is 11.3 Å². The van der Waals surface area contributed by atoms with E-state index in [0.717, 1.165) is 43.2 Å². The molecule has 2 unspecified atom stereocenters. The second kappa shape index (κ2) is 7.87. The largest absolute Gasteiger partial charge is 0.493 e. The molecule has 5 rings (SSSR count). The Labute approximate surface area is 199 Å². The molecule has 5 nitrogen and oxygen atoms in total. The molecule has 1 N–H and O–H groups in total. The van der Waals surface area contributed by atoms with Crippen LogP contribution in [0.25, 0.3) is 0 Å². The Balaban J connectivity index is 1.51. The van der Waals surface area contributed by atoms with Crippen molar-refractivity contribution >= 4 is 23.1 Å². The van der Waals surface area contributed by atoms with Crippen molar-refractivity contribution in [1.82, 2.24) is 10.2 Å². The van der Waals surface area contributed by atoms with Gasteiger partial charge in [0.2, 0.25) is 0 Å². The first-order chi connectivity index (χ1) is 15.6. The predicted molar refractivity (Wildman–Crippen MR) is 125 cm³/mol. The molecule has 1 heterocycles. The number of hydrogen-bond donors (Lipinski definition) is 1. The molecule has 0 amide bonds. The molecule has 3 fully saturated rings. The number of benzene rings is 1. The van der Waals surface area contributed by atoms with Gasteiger partial charge in [-0.3, -0.25) is 4.79 Å². The van der Waals surface area contributed by atoms with Gasteiger partial charge in [0.25, 0.3) is 5.92 Å². The maximum atomic E-state index is 14.0. The van der Waals surface area contributed by atoms with Gasteiger partial charge in [-0.25, -0.2) is 8.78 Å². The zero-order chi connectivity index (χ0) is 23.6. The monoisotopic (exact) mass is 478 g/mol. The SMILES string of the molecule is COC1CCC2(CC1)Cc1ccc(OCC3CC3(F)F)cc1C21NC(=S)N(C(C)C)CC1=O. The lowest BCUT2D eigenvalue weighted by Gasteiger charge is -2.53. The third-order valence-corrected chi connectivity index (χ3v) is 8.69. The number of nitrogens with one attached hydrogen (secondary N) is 1. The summed E-state index contributed by atoms with van der Waals surface area (Å²) < 4.78 is 38.1. The molecule has 2 atom stereocenters. The summed E-state index contributed by atoms with van der Waals surface area (Å²) in [6, 6.07) is 5.86. The Morgan fingerprint density at radius 2 is 1.97 bits per heavy atom. The van der Waals surface area contributed by atoms with Crippen LogP contribution in [0.1, 0.15) is 57.1 Å². The number of ether oxygens (including phenoxy) is 2. The van der Waals surface area contributed by atoms with E-state index in [1.165, 1.54) is 0 Å². The summed E-state index contributed by atoms with van der Waals surface area (Å²) in [6.45, 7) is 4.31. The lowest BCUT2D eigenvalue weighted by molar-refractivity contribution is -0.136. The molecule has 2 saturated carbocycles. The average molecular weight is 479 g/mol. The van der Waals surface area contributed by atoms with Crippen LogP contribution in [0.5, 0.6) is 5.75 Å². The molecule has 3 aliphatic carbocycles. The number of carbonyl (C=O) groups is 1. The fourth-order valence-corrected chi connectivity index (χ4v) is 6.65. The van der Waals surface area contributed by atoms with Gasteiger partial charge in [0.15, 0.2) is 10.9 Å². The number of nitrogens with zero attached hydrogens (tertiary/aromatic N) is 1. The van der Waals surface area contributed by atoms with Crippen LogP contribution in [-0.2, 0) is 21.5 Å². The van der Waals surface area contributed by atoms with Crippen LogP contribution in [0, 0.1) is 11.3 Å². The van der Waals surface area contributed by atoms with Gasteiger partial charge in [0, 0.05) is 25.0 Å². The minimum atomic E-state index is -2.62. The molecule has 4 aliphatic rings. The number of halogens is 2. The van der Waals surface area contributed by atoms with E-state index in [1.807, 2.05) is 36.9 Å². The number of alkyl halides is 2. The molecule has 1 saturated heterocycles. The summed E-state index contributed by atoms with van der Waals surface area (Å²) in [4.78, 5) is 15.9. The molecule has 1 aromatic rings. The second-order valence-corrected chi connectivity index (χ2v) is 10.9. The molecule has 33 heavy (non-hydrogen) atoms. The lowest BCUT2D eigenvalue weighted by Crippen LogP contribution is -2.70. The van der Waals surface area contributed by atoms with Crippen molar-refractivity contribution in [3.8, 4) is 5.75 Å². The Bertz CT molecular complexity index is 976. The number of thiocarbonyl (C=S) groups is 1. The minimum absolute atomic E-state index is 0.0135. The zero-order valence-electron chi connectivity index (χ0n) is 19.5. The fraction of sp³-hybridized carbons (Fsp3) is 0.680. The van der Waals surface area contributed by atoms with Gasteiger partial charge in [-0.05, 0) is 81.4 Å². The summed E-state index contributed by atoms with van der Waals surface area (Å²) in [7, 11) is 1.74. The van der Waals surface area contributed by atoms with E-state index >= 15 is 0 Å². The van der Waals surface area contributed by atoms with Crippen LogP contribution < -0.4 is 10.1 Å². The van der Waals surface area contributed by atoms with Crippen LogP contribution >= 0.6 is 12.2 Å². The highest BCUT2D eigenvalue weighted by Crippen LogP contribution is 2.59. The molecule has 0 radical (unpaired) electrons. The van der Waals surface area contributed by atoms with E-state index in [2.05, 4.69) is 5.32 Å². The van der Waals surface area contributed by atoms with Crippen molar-refractivity contribution in [2.45, 2.75) is 76.0 Å². The van der Waals surface area contributed by atoms with Gasteiger partial charge in [-0.1, -0.05) is 6.07 Å². The maximum absolute atomic E-state index is 14.0. The fourth-order valence-electron chi connectivity index (χ4n) is 6.22. The molecule has 2 spiro atoms. The van der Waals surface area contributed by atoms with Crippen molar-refractivity contribution < 1.29 is 23.0 Å². The number of rotatable bonds is 5. The van der Waals surface area contributed by atoms with Crippen molar-refractivity contribution in [2.75, 3.05) is 20.3 Å². The van der Waals surface area contributed by atoms with Crippen molar-refractivity contribution in [2.24, 2.45) is 11.3 Å². The number of hydrogen-bond acceptors (Lipinski definition) is 4. The Morgan fingerprint density at radius 1 is 1.27 bits per heavy atom. The Kier molecular flexibility index (Phi) is 5.48. The second-order valence-electron chi connectivity index (χ2n) is 10.5. The third-order valence-electron chi connectivity index (χ3n) is 8.35. The lowest BCUT2D eigenvalue weighted by atomic mass is 9.59. The van der Waals surface area contributed by atoms with Crippen molar-refractivity contribution in [1.29, 1.82) is 0 Å². The quantitative estimate of drug-likeness (QED) is 0.640. The van der Waals surface area contributed by atoms with Crippen LogP contribution in [0.3, 0.4) is 0 Å². The topological polar surface area (TPSA) is 50.8 Å². The first kappa shape index (κ1) is 23.0. The van der Waals surface area contributed by atoms with Crippen molar-refractivity contribution in [3.05, 3.63) is 29.3 Å². The minimum Gasteiger partial charge on any atom is -0.493 e. The zero-order valence-corrected chi connectivity index (χ0v) is 20.3. The molecule has 1 aliphatic heterocycles. The normalized spacial score (nSPS) is 34.7. The van der Waals surface area contributed by atoms with Crippen molar-refractivity contribution in [3.63, 3.8) is 0 Å². The highest BCUT2D eigenvalue weighted by atomic mass is 32.1. The van der Waals surface area contributed by atoms with Crippen LogP contribution in [0.2, 0.25) is 0 Å². The van der Waals surface area contributed by atoms with Crippen LogP contribution in [-0.4, -0.2) is 54.1 Å². The molecule has 180 valence electrons. The molecule has 0 bridgehead atoms. The molecule has 1 aromatic carbocycles. The maximum Gasteiger partial charge on any atom is 0.255 e. The molecule has 8 heteroatoms. The summed E-state index contributed by atoms with van der Waals surface area (Å²) in [5.41, 5.74) is 0.786. The number of ketones is 1. The van der Waals surface area contributed by atoms with Gasteiger partial charge in [-0.15, -0.1) is 0 Å². The summed E-state index contributed by atoms with van der Waals surface area (Å²) in [6.07, 6.45) is 4.35. The Hall–Kier alpha value is -1.80. The number of fused-ring (bicyclic) bond motifs is 3. The van der Waals surface area contributed by atoms with Gasteiger partial charge in [0.05, 0.1) is 25.2 Å². The third kappa shape index (κ3) is 3.55. The predicted octanol–water partition coefficient (Wildman–Crippen LogP) is 4.22. The van der Waals surface area contributed by atoms with E-state index in [1.54, 1.807) is 7.11 Å². The molecule has 0 aromatic heterocycles. The summed E-state index contributed by atoms with van der Waals surface area (Å²) >= 11 is 5.77. The first-order valence-electron chi connectivity index (χ1n) is 11.9. The van der Waals surface area contributed by atoms with Gasteiger partial charge in [-0.2, -0.15) is 0 Å². The van der Waals surface area contributed by atoms with Gasteiger partial charge < -0.3 is 19.7 Å². The Morgan fingerprint density at radius 3 is 2.58 bits per heavy atom. The molecular weight excluding hydrogens is 446 g/mol. The number of carbonyl (C=O) groups excluding carboxylic acids is 1. The number of methoxy groups -OCH3 is 1. The summed E-state index contributed by atoms with van der Waals surface area (Å²) in [5.74, 6) is -2.69. The highest BCUT2D eigenvalue weighted by Gasteiger charge is 2.64. The number of Topliss-reactive ketones (excluding diaryl/α,β-unsaturated/α-hetero) is 1. The van der Waals surface area contributed by atoms with E-state index in [9.17, 15) is 13.6 Å². The van der Waals surface area contributed by atoms with Crippen LogP contribution in [0.4, 0.5) is 8.78 Å². The standard InChI is InChI=1S/C25H32F2N2O3S/c1-15(2)29-13-21(30)25(28-22(29)33)20-10-19(32-14-17-12-24(17,26)27)5-4-16(20)11-23(25)8-6-18(31-3)7-9-23/h4-5,10,15,17-18H,6-9,11-14H2,1-3H3,(H,28,33). The molecular formula is C25H32F2N2O3S. The first-order valence-corrected chi connectivity index (χ1v) is 12.3. The van der Waals surface area contributed by atoms with E-state index in [-0.39, 0.29) is 42.9 Å². The average Bonchev–Trinajstić information content (AvgIpc) is 3.32. The van der Waals surface area contributed by atoms with E-state index < -0.39 is 17.4 Å². The van der Waals surface area contributed by atoms with Crippen LogP contribution in [0.15, 0.2) is 18.2 Å². The highest BCUT2D eigenvalue weighted by molar-refractivity contribution is 7.80. The smallest absolute Gasteiger partial charge is 0.255 e. The van der Waals surface area contributed by atoms with E-state index in [0.29, 0.717) is 10.9 Å².